The van der Waals surface area contributed by atoms with Gasteiger partial charge in [0.1, 0.15) is 0 Å². The zero-order valence-corrected chi connectivity index (χ0v) is 13.9. The number of esters is 1. The molecule has 0 aromatic heterocycles. The van der Waals surface area contributed by atoms with Gasteiger partial charge in [-0.25, -0.2) is 0 Å². The van der Waals surface area contributed by atoms with E-state index in [1.54, 1.807) is 13.0 Å². The van der Waals surface area contributed by atoms with E-state index in [1.165, 1.54) is 12.1 Å². The molecular formula is C18H18N2O5. The number of hydrogen-bond acceptors (Lipinski definition) is 5. The summed E-state index contributed by atoms with van der Waals surface area (Å²) in [5, 5.41) is 13.4. The van der Waals surface area contributed by atoms with Crippen molar-refractivity contribution in [3.05, 3.63) is 69.3 Å². The molecular weight excluding hydrogens is 324 g/mol. The summed E-state index contributed by atoms with van der Waals surface area (Å²) in [7, 11) is 0. The van der Waals surface area contributed by atoms with E-state index in [0.717, 1.165) is 11.1 Å². The van der Waals surface area contributed by atoms with E-state index < -0.39 is 23.4 Å². The third-order valence-electron chi connectivity index (χ3n) is 3.65. The zero-order chi connectivity index (χ0) is 18.4. The molecule has 0 saturated heterocycles. The summed E-state index contributed by atoms with van der Waals surface area (Å²) in [5.41, 5.74) is 2.48. The van der Waals surface area contributed by atoms with Gasteiger partial charge in [0.25, 0.3) is 11.6 Å². The monoisotopic (exact) mass is 342 g/mol. The van der Waals surface area contributed by atoms with Gasteiger partial charge in [0.15, 0.2) is 6.61 Å². The molecule has 0 aliphatic carbocycles. The number of carbonyl (C=O) groups is 2. The number of ether oxygens (including phenoxy) is 1. The van der Waals surface area contributed by atoms with Gasteiger partial charge in [-0.3, -0.25) is 19.7 Å². The van der Waals surface area contributed by atoms with Crippen LogP contribution in [0.5, 0.6) is 0 Å². The third-order valence-corrected chi connectivity index (χ3v) is 3.65. The first-order valence-corrected chi connectivity index (χ1v) is 7.62. The Kier molecular flexibility index (Phi) is 5.84. The normalized spacial score (nSPS) is 10.2. The molecule has 0 unspecified atom stereocenters. The van der Waals surface area contributed by atoms with Crippen molar-refractivity contribution in [2.24, 2.45) is 0 Å². The highest BCUT2D eigenvalue weighted by molar-refractivity contribution is 5.93. The van der Waals surface area contributed by atoms with E-state index in [1.807, 2.05) is 31.2 Å². The summed E-state index contributed by atoms with van der Waals surface area (Å²) in [6.45, 7) is 3.04. The van der Waals surface area contributed by atoms with Crippen molar-refractivity contribution >= 4 is 23.3 Å². The summed E-state index contributed by atoms with van der Waals surface area (Å²) in [5.74, 6) is -1.07. The summed E-state index contributed by atoms with van der Waals surface area (Å²) in [6.07, 6.45) is 0.0793. The van der Waals surface area contributed by atoms with Crippen molar-refractivity contribution in [1.82, 2.24) is 0 Å². The average molecular weight is 342 g/mol. The molecule has 0 bridgehead atoms. The van der Waals surface area contributed by atoms with Gasteiger partial charge in [-0.2, -0.15) is 0 Å². The van der Waals surface area contributed by atoms with E-state index in [4.69, 9.17) is 4.74 Å². The summed E-state index contributed by atoms with van der Waals surface area (Å²) < 4.78 is 4.95. The van der Waals surface area contributed by atoms with Crippen LogP contribution in [0.2, 0.25) is 0 Å². The predicted octanol–water partition coefficient (Wildman–Crippen LogP) is 2.94. The van der Waals surface area contributed by atoms with Crippen LogP contribution >= 0.6 is 0 Å². The first-order valence-electron chi connectivity index (χ1n) is 7.62. The lowest BCUT2D eigenvalue weighted by Crippen LogP contribution is -2.21. The number of anilines is 1. The summed E-state index contributed by atoms with van der Waals surface area (Å²) in [6, 6.07) is 11.8. The van der Waals surface area contributed by atoms with Crippen LogP contribution in [0, 0.1) is 24.0 Å². The van der Waals surface area contributed by atoms with Gasteiger partial charge in [-0.15, -0.1) is 0 Å². The van der Waals surface area contributed by atoms with Gasteiger partial charge in [-0.05, 0) is 31.0 Å². The maximum absolute atomic E-state index is 11.8. The Labute approximate surface area is 144 Å². The molecule has 0 aliphatic rings. The fourth-order valence-electron chi connectivity index (χ4n) is 2.24. The molecule has 0 saturated carbocycles. The fraction of sp³-hybridized carbons (Fsp3) is 0.222. The average Bonchev–Trinajstić information content (AvgIpc) is 2.56. The third kappa shape index (κ3) is 5.13. The second kappa shape index (κ2) is 8.05. The molecule has 2 rings (SSSR count). The number of benzene rings is 2. The topological polar surface area (TPSA) is 98.5 Å². The van der Waals surface area contributed by atoms with Crippen molar-refractivity contribution in [1.29, 1.82) is 0 Å². The number of nitrogens with zero attached hydrogens (tertiary/aromatic N) is 1. The van der Waals surface area contributed by atoms with Gasteiger partial charge in [0.05, 0.1) is 11.3 Å². The Morgan fingerprint density at radius 3 is 2.52 bits per heavy atom. The molecule has 1 amide bonds. The number of nitrogens with one attached hydrogen (secondary N) is 1. The van der Waals surface area contributed by atoms with Crippen LogP contribution in [0.1, 0.15) is 16.7 Å². The highest BCUT2D eigenvalue weighted by atomic mass is 16.6. The molecule has 0 spiro atoms. The second-order valence-electron chi connectivity index (χ2n) is 5.57. The van der Waals surface area contributed by atoms with Crippen molar-refractivity contribution in [2.45, 2.75) is 20.3 Å². The molecule has 0 radical (unpaired) electrons. The van der Waals surface area contributed by atoms with Crippen molar-refractivity contribution in [2.75, 3.05) is 11.9 Å². The maximum atomic E-state index is 11.8. The van der Waals surface area contributed by atoms with E-state index in [9.17, 15) is 19.7 Å². The van der Waals surface area contributed by atoms with E-state index in [0.29, 0.717) is 5.56 Å². The molecule has 25 heavy (non-hydrogen) atoms. The van der Waals surface area contributed by atoms with Gasteiger partial charge >= 0.3 is 5.97 Å². The number of nitro benzene ring substituents is 1. The standard InChI is InChI=1S/C18H18N2O5/c1-12-5-3-4-6-14(12)9-18(22)25-11-17(21)19-15-8-7-13(2)16(10-15)20(23)24/h3-8,10H,9,11H2,1-2H3,(H,19,21). The molecule has 130 valence electrons. The van der Waals surface area contributed by atoms with Crippen LogP contribution in [-0.2, 0) is 20.7 Å². The Hall–Kier alpha value is -3.22. The Balaban J connectivity index is 1.88. The predicted molar refractivity (Wildman–Crippen MR) is 92.3 cm³/mol. The second-order valence-corrected chi connectivity index (χ2v) is 5.57. The van der Waals surface area contributed by atoms with Crippen LogP contribution < -0.4 is 5.32 Å². The number of aryl methyl sites for hydroxylation is 2. The molecule has 2 aromatic carbocycles. The lowest BCUT2D eigenvalue weighted by atomic mass is 10.1. The van der Waals surface area contributed by atoms with Crippen LogP contribution in [0.3, 0.4) is 0 Å². The largest absolute Gasteiger partial charge is 0.455 e. The fourth-order valence-corrected chi connectivity index (χ4v) is 2.24. The number of amides is 1. The minimum absolute atomic E-state index is 0.0793. The first kappa shape index (κ1) is 18.1. The number of hydrogen-bond donors (Lipinski definition) is 1. The molecule has 0 fully saturated rings. The number of rotatable bonds is 6. The Bertz CT molecular complexity index is 817. The van der Waals surface area contributed by atoms with Crippen LogP contribution in [0.25, 0.3) is 0 Å². The van der Waals surface area contributed by atoms with Gasteiger partial charge in [-0.1, -0.05) is 30.3 Å². The Morgan fingerprint density at radius 1 is 1.12 bits per heavy atom. The minimum Gasteiger partial charge on any atom is -0.455 e. The smallest absolute Gasteiger partial charge is 0.310 e. The lowest BCUT2D eigenvalue weighted by Gasteiger charge is -2.08. The quantitative estimate of drug-likeness (QED) is 0.494. The number of nitro groups is 1. The number of carbonyl (C=O) groups excluding carboxylic acids is 2. The maximum Gasteiger partial charge on any atom is 0.310 e. The molecule has 0 aliphatic heterocycles. The van der Waals surface area contributed by atoms with Crippen molar-refractivity contribution in [3.63, 3.8) is 0 Å². The first-order chi connectivity index (χ1) is 11.9. The highest BCUT2D eigenvalue weighted by Gasteiger charge is 2.14. The van der Waals surface area contributed by atoms with Gasteiger partial charge in [0.2, 0.25) is 0 Å². The molecule has 0 atom stereocenters. The molecule has 7 heteroatoms. The summed E-state index contributed by atoms with van der Waals surface area (Å²) in [4.78, 5) is 34.0. The van der Waals surface area contributed by atoms with Crippen molar-refractivity contribution < 1.29 is 19.2 Å². The van der Waals surface area contributed by atoms with E-state index in [2.05, 4.69) is 5.32 Å². The molecule has 2 aromatic rings. The Morgan fingerprint density at radius 2 is 1.84 bits per heavy atom. The summed E-state index contributed by atoms with van der Waals surface area (Å²) >= 11 is 0. The minimum atomic E-state index is -0.559. The van der Waals surface area contributed by atoms with E-state index in [-0.39, 0.29) is 17.8 Å². The van der Waals surface area contributed by atoms with Crippen LogP contribution in [-0.4, -0.2) is 23.4 Å². The molecule has 7 nitrogen and oxygen atoms in total. The highest BCUT2D eigenvalue weighted by Crippen LogP contribution is 2.22. The molecule has 1 N–H and O–H groups in total. The van der Waals surface area contributed by atoms with Crippen LogP contribution in [0.4, 0.5) is 11.4 Å². The zero-order valence-electron chi connectivity index (χ0n) is 13.9. The SMILES string of the molecule is Cc1ccccc1CC(=O)OCC(=O)Nc1ccc(C)c([N+](=O)[O-])c1. The molecule has 0 heterocycles. The van der Waals surface area contributed by atoms with Gasteiger partial charge in [0, 0.05) is 17.3 Å². The van der Waals surface area contributed by atoms with E-state index >= 15 is 0 Å². The van der Waals surface area contributed by atoms with Gasteiger partial charge < -0.3 is 10.1 Å². The van der Waals surface area contributed by atoms with Crippen molar-refractivity contribution in [3.8, 4) is 0 Å². The lowest BCUT2D eigenvalue weighted by molar-refractivity contribution is -0.385. The van der Waals surface area contributed by atoms with Crippen LogP contribution in [0.15, 0.2) is 42.5 Å².